The van der Waals surface area contributed by atoms with Crippen LogP contribution >= 0.6 is 0 Å². The van der Waals surface area contributed by atoms with E-state index >= 15 is 0 Å². The van der Waals surface area contributed by atoms with Crippen LogP contribution < -0.4 is 10.6 Å². The van der Waals surface area contributed by atoms with Gasteiger partial charge < -0.3 is 20.6 Å². The van der Waals surface area contributed by atoms with E-state index in [-0.39, 0.29) is 18.4 Å². The average Bonchev–Trinajstić information content (AvgIpc) is 2.59. The summed E-state index contributed by atoms with van der Waals surface area (Å²) in [6, 6.07) is 3.44. The molecular weight excluding hydrogens is 296 g/mol. The first-order valence-electron chi connectivity index (χ1n) is 7.97. The zero-order valence-corrected chi connectivity index (χ0v) is 13.2. The second kappa shape index (κ2) is 6.16. The molecule has 0 aromatic carbocycles. The van der Waals surface area contributed by atoms with Crippen molar-refractivity contribution in [1.29, 1.82) is 0 Å². The van der Waals surface area contributed by atoms with E-state index in [2.05, 4.69) is 15.6 Å². The Kier molecular flexibility index (Phi) is 4.21. The number of anilines is 1. The highest BCUT2D eigenvalue weighted by Crippen LogP contribution is 2.37. The predicted octanol–water partition coefficient (Wildman–Crippen LogP) is 0.226. The molecule has 0 aliphatic carbocycles. The number of carbonyl (C=O) groups is 2. The Morgan fingerprint density at radius 1 is 1.57 bits per heavy atom. The van der Waals surface area contributed by atoms with Gasteiger partial charge in [-0.1, -0.05) is 0 Å². The van der Waals surface area contributed by atoms with E-state index in [9.17, 15) is 14.7 Å². The molecule has 3 rings (SSSR count). The van der Waals surface area contributed by atoms with E-state index in [4.69, 9.17) is 0 Å². The summed E-state index contributed by atoms with van der Waals surface area (Å²) in [4.78, 5) is 31.0. The predicted molar refractivity (Wildman–Crippen MR) is 85.0 cm³/mol. The van der Waals surface area contributed by atoms with Crippen molar-refractivity contribution in [2.45, 2.75) is 25.4 Å². The maximum absolute atomic E-state index is 12.9. The van der Waals surface area contributed by atoms with Crippen LogP contribution in [-0.2, 0) is 4.79 Å². The van der Waals surface area contributed by atoms with E-state index in [1.54, 1.807) is 30.3 Å². The molecule has 3 N–H and O–H groups in total. The molecule has 0 unspecified atom stereocenters. The molecule has 7 heteroatoms. The van der Waals surface area contributed by atoms with E-state index in [1.807, 2.05) is 0 Å². The molecule has 1 aromatic rings. The molecule has 2 aliphatic rings. The van der Waals surface area contributed by atoms with Crippen molar-refractivity contribution < 1.29 is 14.7 Å². The molecule has 1 aromatic heterocycles. The third-order valence-electron chi connectivity index (χ3n) is 4.88. The van der Waals surface area contributed by atoms with E-state index in [0.29, 0.717) is 37.3 Å². The summed E-state index contributed by atoms with van der Waals surface area (Å²) in [6.07, 6.45) is 2.76. The normalized spacial score (nSPS) is 27.7. The minimum Gasteiger partial charge on any atom is -0.392 e. The fourth-order valence-electron chi connectivity index (χ4n) is 3.56. The van der Waals surface area contributed by atoms with Crippen molar-refractivity contribution in [2.24, 2.45) is 5.41 Å². The minimum atomic E-state index is -0.881. The van der Waals surface area contributed by atoms with Crippen LogP contribution in [0.15, 0.2) is 18.3 Å². The first kappa shape index (κ1) is 15.7. The molecule has 0 radical (unpaired) electrons. The van der Waals surface area contributed by atoms with Gasteiger partial charge in [0.25, 0.3) is 5.91 Å². The molecule has 2 amide bonds. The molecule has 0 saturated carbocycles. The van der Waals surface area contributed by atoms with Crippen molar-refractivity contribution in [3.05, 3.63) is 23.9 Å². The molecule has 124 valence electrons. The topological polar surface area (TPSA) is 94.6 Å². The Labute approximate surface area is 135 Å². The van der Waals surface area contributed by atoms with Crippen molar-refractivity contribution in [1.82, 2.24) is 15.2 Å². The quantitative estimate of drug-likeness (QED) is 0.725. The lowest BCUT2D eigenvalue weighted by molar-refractivity contribution is -0.147. The molecule has 1 spiro atoms. The number of rotatable bonds is 2. The summed E-state index contributed by atoms with van der Waals surface area (Å²) in [6.45, 7) is 1.32. The van der Waals surface area contributed by atoms with E-state index in [0.717, 1.165) is 6.42 Å². The van der Waals surface area contributed by atoms with Gasteiger partial charge >= 0.3 is 0 Å². The highest BCUT2D eigenvalue weighted by atomic mass is 16.3. The van der Waals surface area contributed by atoms with Crippen molar-refractivity contribution in [2.75, 3.05) is 32.0 Å². The number of likely N-dealkylation sites (tertiary alicyclic amines) is 1. The van der Waals surface area contributed by atoms with Crippen LogP contribution in [0.1, 0.15) is 29.6 Å². The lowest BCUT2D eigenvalue weighted by Gasteiger charge is -2.46. The molecule has 2 atom stereocenters. The van der Waals surface area contributed by atoms with Gasteiger partial charge in [-0.05, 0) is 31.4 Å². The van der Waals surface area contributed by atoms with Crippen LogP contribution in [0.3, 0.4) is 0 Å². The highest BCUT2D eigenvalue weighted by molar-refractivity contribution is 5.99. The number of hydrogen-bond acceptors (Lipinski definition) is 5. The van der Waals surface area contributed by atoms with Gasteiger partial charge in [0.1, 0.15) is 5.82 Å². The number of aliphatic hydroxyl groups is 1. The second-order valence-electron chi connectivity index (χ2n) is 6.20. The molecule has 2 fully saturated rings. The number of pyridine rings is 1. The van der Waals surface area contributed by atoms with Gasteiger partial charge in [-0.3, -0.25) is 9.59 Å². The third-order valence-corrected chi connectivity index (χ3v) is 4.88. The number of carbonyl (C=O) groups excluding carboxylic acids is 2. The molecule has 2 saturated heterocycles. The summed E-state index contributed by atoms with van der Waals surface area (Å²) in [5.41, 5.74) is -0.397. The Morgan fingerprint density at radius 2 is 2.39 bits per heavy atom. The summed E-state index contributed by atoms with van der Waals surface area (Å²) < 4.78 is 0. The molecule has 23 heavy (non-hydrogen) atoms. The number of aliphatic hydroxyl groups excluding tert-OH is 1. The maximum Gasteiger partial charge on any atom is 0.257 e. The Morgan fingerprint density at radius 3 is 3.13 bits per heavy atom. The van der Waals surface area contributed by atoms with Gasteiger partial charge in [0.05, 0.1) is 17.1 Å². The van der Waals surface area contributed by atoms with Gasteiger partial charge in [-0.15, -0.1) is 0 Å². The van der Waals surface area contributed by atoms with Crippen molar-refractivity contribution >= 4 is 17.6 Å². The second-order valence-corrected chi connectivity index (χ2v) is 6.20. The number of piperidine rings is 2. The monoisotopic (exact) mass is 318 g/mol. The van der Waals surface area contributed by atoms with Crippen LogP contribution in [0.25, 0.3) is 0 Å². The summed E-state index contributed by atoms with van der Waals surface area (Å²) in [5, 5.41) is 16.2. The van der Waals surface area contributed by atoms with Crippen LogP contribution in [0.5, 0.6) is 0 Å². The molecule has 3 heterocycles. The van der Waals surface area contributed by atoms with Crippen LogP contribution in [0.4, 0.5) is 5.82 Å². The lowest BCUT2D eigenvalue weighted by atomic mass is 9.71. The number of amides is 2. The standard InChI is InChI=1S/C16H22N4O3/c1-17-13-11(4-2-7-18-13)14(22)20-9-5-12(21)16(10-20)6-3-8-19-15(16)23/h2,4,7,12,21H,3,5-6,8-10H2,1H3,(H,17,18)(H,19,23)/t12-,16-/m1/s1. The summed E-state index contributed by atoms with van der Waals surface area (Å²) in [7, 11) is 1.72. The number of aromatic nitrogens is 1. The molecular formula is C16H22N4O3. The zero-order valence-electron chi connectivity index (χ0n) is 13.2. The summed E-state index contributed by atoms with van der Waals surface area (Å²) in [5.74, 6) is 0.214. The van der Waals surface area contributed by atoms with Gasteiger partial charge in [0.2, 0.25) is 5.91 Å². The first-order valence-corrected chi connectivity index (χ1v) is 7.97. The minimum absolute atomic E-state index is 0.145. The highest BCUT2D eigenvalue weighted by Gasteiger charge is 2.50. The molecule has 0 bridgehead atoms. The van der Waals surface area contributed by atoms with Crippen LogP contribution in [0, 0.1) is 5.41 Å². The fourth-order valence-corrected chi connectivity index (χ4v) is 3.56. The molecule has 2 aliphatic heterocycles. The maximum atomic E-state index is 12.9. The molecule has 7 nitrogen and oxygen atoms in total. The third kappa shape index (κ3) is 2.65. The van der Waals surface area contributed by atoms with Gasteiger partial charge in [-0.25, -0.2) is 4.98 Å². The van der Waals surface area contributed by atoms with Crippen molar-refractivity contribution in [3.8, 4) is 0 Å². The summed E-state index contributed by atoms with van der Waals surface area (Å²) >= 11 is 0. The van der Waals surface area contributed by atoms with Gasteiger partial charge in [0.15, 0.2) is 0 Å². The number of nitrogens with one attached hydrogen (secondary N) is 2. The Hall–Kier alpha value is -2.15. The fraction of sp³-hybridized carbons (Fsp3) is 0.562. The lowest BCUT2D eigenvalue weighted by Crippen LogP contribution is -2.62. The number of hydrogen-bond donors (Lipinski definition) is 3. The first-order chi connectivity index (χ1) is 11.1. The smallest absolute Gasteiger partial charge is 0.257 e. The van der Waals surface area contributed by atoms with Gasteiger partial charge in [-0.2, -0.15) is 0 Å². The Balaban J connectivity index is 1.86. The van der Waals surface area contributed by atoms with E-state index < -0.39 is 11.5 Å². The van der Waals surface area contributed by atoms with Gasteiger partial charge in [0, 0.05) is 32.9 Å². The SMILES string of the molecule is CNc1ncccc1C(=O)N1CC[C@@H](O)[C@@]2(CCCNC2=O)C1. The van der Waals surface area contributed by atoms with E-state index in [1.165, 1.54) is 0 Å². The van der Waals surface area contributed by atoms with Crippen LogP contribution in [-0.4, -0.2) is 59.6 Å². The largest absolute Gasteiger partial charge is 0.392 e. The van der Waals surface area contributed by atoms with Crippen molar-refractivity contribution in [3.63, 3.8) is 0 Å². The van der Waals surface area contributed by atoms with Crippen LogP contribution in [0.2, 0.25) is 0 Å². The average molecular weight is 318 g/mol. The zero-order chi connectivity index (χ0) is 16.4. The Bertz CT molecular complexity index is 621. The number of nitrogens with zero attached hydrogens (tertiary/aromatic N) is 2.